The number of ether oxygens (including phenoxy) is 6. The number of carbonyl (C=O) groups excluding carboxylic acids is 1. The van der Waals surface area contributed by atoms with Crippen molar-refractivity contribution < 1.29 is 89.4 Å². The van der Waals surface area contributed by atoms with Crippen molar-refractivity contribution in [3.8, 4) is 0 Å². The number of nitrogens with one attached hydrogen (secondary N) is 1. The quantitative estimate of drug-likeness (QED) is 0.0199. The molecule has 17 atom stereocenters. The maximum atomic E-state index is 13.5. The zero-order chi connectivity index (χ0) is 65.4. The normalized spacial score (nSPS) is 28.1. The summed E-state index contributed by atoms with van der Waals surface area (Å²) in [7, 11) is 0. The lowest BCUT2D eigenvalue weighted by atomic mass is 9.96. The lowest BCUT2D eigenvalue weighted by Gasteiger charge is -2.48. The van der Waals surface area contributed by atoms with E-state index < -0.39 is 124 Å². The van der Waals surface area contributed by atoms with Crippen LogP contribution in [0.1, 0.15) is 290 Å². The molecule has 19 nitrogen and oxygen atoms in total. The van der Waals surface area contributed by atoms with Crippen LogP contribution in [-0.4, -0.2) is 193 Å². The predicted octanol–water partition coefficient (Wildman–Crippen LogP) is 10.2. The Morgan fingerprint density at radius 3 is 1.13 bits per heavy atom. The zero-order valence-electron chi connectivity index (χ0n) is 56.1. The maximum Gasteiger partial charge on any atom is 0.220 e. The average molecular weight is 1290 g/mol. The maximum absolute atomic E-state index is 13.5. The number of unbranched alkanes of at least 4 members (excludes halogenated alkanes) is 37. The Balaban J connectivity index is 1.41. The van der Waals surface area contributed by atoms with E-state index in [1.807, 2.05) is 0 Å². The number of aliphatic hydroxyl groups is 11. The highest BCUT2D eigenvalue weighted by Crippen LogP contribution is 2.33. The van der Waals surface area contributed by atoms with Gasteiger partial charge in [-0.2, -0.15) is 0 Å². The average Bonchev–Trinajstić information content (AvgIpc) is 0.847. The van der Waals surface area contributed by atoms with E-state index in [1.54, 1.807) is 0 Å². The van der Waals surface area contributed by atoms with E-state index in [4.69, 9.17) is 28.4 Å². The van der Waals surface area contributed by atoms with Crippen molar-refractivity contribution in [3.05, 3.63) is 24.3 Å². The van der Waals surface area contributed by atoms with Gasteiger partial charge < -0.3 is 89.9 Å². The Morgan fingerprint density at radius 2 is 0.733 bits per heavy atom. The van der Waals surface area contributed by atoms with Gasteiger partial charge >= 0.3 is 0 Å². The van der Waals surface area contributed by atoms with Crippen molar-refractivity contribution in [1.82, 2.24) is 5.32 Å². The first-order chi connectivity index (χ1) is 43.8. The summed E-state index contributed by atoms with van der Waals surface area (Å²) in [6.45, 7) is 1.83. The van der Waals surface area contributed by atoms with E-state index in [-0.39, 0.29) is 18.9 Å². The molecule has 0 saturated carbocycles. The second kappa shape index (κ2) is 53.4. The smallest absolute Gasteiger partial charge is 0.220 e. The molecule has 0 radical (unpaired) electrons. The van der Waals surface area contributed by atoms with Crippen molar-refractivity contribution in [1.29, 1.82) is 0 Å². The number of rotatable bonds is 57. The van der Waals surface area contributed by atoms with E-state index in [0.717, 1.165) is 51.4 Å². The Labute approximate surface area is 543 Å². The highest BCUT2D eigenvalue weighted by molar-refractivity contribution is 5.76. The summed E-state index contributed by atoms with van der Waals surface area (Å²) in [6.07, 6.45) is 33.9. The summed E-state index contributed by atoms with van der Waals surface area (Å²) >= 11 is 0. The largest absolute Gasteiger partial charge is 0.394 e. The number of carbonyl (C=O) groups is 1. The molecule has 0 aromatic rings. The van der Waals surface area contributed by atoms with Crippen LogP contribution < -0.4 is 5.32 Å². The third kappa shape index (κ3) is 34.8. The first-order valence-corrected chi connectivity index (χ1v) is 36.6. The number of hydrogen-bond donors (Lipinski definition) is 12. The summed E-state index contributed by atoms with van der Waals surface area (Å²) in [5.74, 6) is -0.240. The monoisotopic (exact) mass is 1290 g/mol. The Kier molecular flexibility index (Phi) is 49.0. The lowest BCUT2D eigenvalue weighted by molar-refractivity contribution is -0.379. The minimum Gasteiger partial charge on any atom is -0.394 e. The molecular formula is C71H133NO18. The van der Waals surface area contributed by atoms with Gasteiger partial charge in [0.15, 0.2) is 18.9 Å². The molecule has 3 fully saturated rings. The number of allylic oxidation sites excluding steroid dienone is 4. The summed E-state index contributed by atoms with van der Waals surface area (Å²) < 4.78 is 34.5. The summed E-state index contributed by atoms with van der Waals surface area (Å²) in [5.41, 5.74) is 0. The molecule has 0 bridgehead atoms. The van der Waals surface area contributed by atoms with Gasteiger partial charge in [-0.25, -0.2) is 0 Å². The molecule has 3 saturated heterocycles. The van der Waals surface area contributed by atoms with Crippen LogP contribution in [0.25, 0.3) is 0 Å². The lowest BCUT2D eigenvalue weighted by Crippen LogP contribution is -2.66. The van der Waals surface area contributed by atoms with Gasteiger partial charge in [-0.3, -0.25) is 4.79 Å². The molecule has 17 unspecified atom stereocenters. The SMILES string of the molecule is CCCCCCC/C=C\C/C=C\CCCCCCCCCCCCCCCC(=O)NC(COC1OC(CO)C(OC2OC(CO)C(OC3OC(CO)C(O)C(O)C3O)C(O)C2O)C(O)C1O)C(O)CCCCCCCCCCCCCCCCCCCCCC. The van der Waals surface area contributed by atoms with Gasteiger partial charge in [0, 0.05) is 6.42 Å². The molecule has 1 amide bonds. The van der Waals surface area contributed by atoms with E-state index in [1.165, 1.54) is 205 Å². The molecule has 3 rings (SSSR count). The molecular weight excluding hydrogens is 1150 g/mol. The van der Waals surface area contributed by atoms with E-state index in [2.05, 4.69) is 43.5 Å². The van der Waals surface area contributed by atoms with Crippen LogP contribution in [0.4, 0.5) is 0 Å². The zero-order valence-corrected chi connectivity index (χ0v) is 56.1. The van der Waals surface area contributed by atoms with Gasteiger partial charge in [0.2, 0.25) is 5.91 Å². The van der Waals surface area contributed by atoms with Crippen molar-refractivity contribution in [3.63, 3.8) is 0 Å². The summed E-state index contributed by atoms with van der Waals surface area (Å²) in [4.78, 5) is 13.5. The van der Waals surface area contributed by atoms with Gasteiger partial charge in [0.25, 0.3) is 0 Å². The van der Waals surface area contributed by atoms with Crippen LogP contribution in [0.3, 0.4) is 0 Å². The fourth-order valence-electron chi connectivity index (χ4n) is 12.6. The van der Waals surface area contributed by atoms with Crippen molar-refractivity contribution in [2.24, 2.45) is 0 Å². The molecule has 0 aromatic carbocycles. The topological polar surface area (TPSA) is 307 Å². The van der Waals surface area contributed by atoms with E-state index >= 15 is 0 Å². The molecule has 90 heavy (non-hydrogen) atoms. The van der Waals surface area contributed by atoms with Gasteiger partial charge in [-0.15, -0.1) is 0 Å². The van der Waals surface area contributed by atoms with Crippen molar-refractivity contribution in [2.75, 3.05) is 26.4 Å². The van der Waals surface area contributed by atoms with Gasteiger partial charge in [0.1, 0.15) is 73.2 Å². The van der Waals surface area contributed by atoms with E-state index in [0.29, 0.717) is 12.8 Å². The fraction of sp³-hybridized carbons (Fsp3) is 0.930. The third-order valence-corrected chi connectivity index (χ3v) is 18.5. The van der Waals surface area contributed by atoms with Gasteiger partial charge in [-0.1, -0.05) is 263 Å². The standard InChI is InChI=1S/C71H133NO18/c1-3-5-7-9-11-13-15-17-19-21-23-25-26-27-28-29-31-33-35-37-39-41-43-45-47-49-59(77)72-54(55(76)48-46-44-42-40-38-36-34-32-30-24-22-20-18-16-14-12-10-8-6-4-2)53-85-69-65(83)62(80)67(57(51-74)87-69)90-71-66(84)63(81)68(58(52-75)88-71)89-70-64(82)61(79)60(78)56(50-73)86-70/h15,17,21,23,54-58,60-71,73-76,78-84H,3-14,16,18-20,22,24-53H2,1-2H3,(H,72,77)/b17-15-,23-21-. The van der Waals surface area contributed by atoms with Crippen LogP contribution in [0.2, 0.25) is 0 Å². The predicted molar refractivity (Wildman–Crippen MR) is 351 cm³/mol. The first kappa shape index (κ1) is 82.5. The van der Waals surface area contributed by atoms with Crippen LogP contribution >= 0.6 is 0 Å². The highest BCUT2D eigenvalue weighted by atomic mass is 16.8. The van der Waals surface area contributed by atoms with Gasteiger partial charge in [-0.05, 0) is 44.9 Å². The molecule has 0 spiro atoms. The first-order valence-electron chi connectivity index (χ1n) is 36.6. The summed E-state index contributed by atoms with van der Waals surface area (Å²) in [5, 5.41) is 121. The molecule has 19 heteroatoms. The van der Waals surface area contributed by atoms with E-state index in [9.17, 15) is 61.0 Å². The van der Waals surface area contributed by atoms with Crippen LogP contribution in [0.15, 0.2) is 24.3 Å². The molecule has 0 aromatic heterocycles. The second-order valence-corrected chi connectivity index (χ2v) is 26.4. The van der Waals surface area contributed by atoms with Crippen molar-refractivity contribution >= 4 is 5.91 Å². The molecule has 12 N–H and O–H groups in total. The van der Waals surface area contributed by atoms with Crippen LogP contribution in [-0.2, 0) is 33.2 Å². The fourth-order valence-corrected chi connectivity index (χ4v) is 12.6. The Morgan fingerprint density at radius 1 is 0.400 bits per heavy atom. The Bertz CT molecular complexity index is 1730. The molecule has 3 heterocycles. The van der Waals surface area contributed by atoms with Crippen LogP contribution in [0, 0.1) is 0 Å². The molecule has 530 valence electrons. The molecule has 3 aliphatic rings. The minimum absolute atomic E-state index is 0.240. The number of amides is 1. The number of hydrogen-bond acceptors (Lipinski definition) is 18. The molecule has 3 aliphatic heterocycles. The van der Waals surface area contributed by atoms with Gasteiger partial charge in [0.05, 0.1) is 38.6 Å². The second-order valence-electron chi connectivity index (χ2n) is 26.4. The minimum atomic E-state index is -1.97. The highest BCUT2D eigenvalue weighted by Gasteiger charge is 2.53. The third-order valence-electron chi connectivity index (χ3n) is 18.5. The Hall–Kier alpha value is -1.73. The van der Waals surface area contributed by atoms with Crippen LogP contribution in [0.5, 0.6) is 0 Å². The number of aliphatic hydroxyl groups excluding tert-OH is 11. The van der Waals surface area contributed by atoms with Crippen molar-refractivity contribution in [2.45, 2.75) is 394 Å². The summed E-state index contributed by atoms with van der Waals surface area (Å²) in [6, 6.07) is -0.887. The molecule has 0 aliphatic carbocycles.